The van der Waals surface area contributed by atoms with Crippen molar-refractivity contribution in [3.63, 3.8) is 0 Å². The van der Waals surface area contributed by atoms with Gasteiger partial charge in [0.2, 0.25) is 11.8 Å². The van der Waals surface area contributed by atoms with Crippen molar-refractivity contribution < 1.29 is 22.4 Å². The van der Waals surface area contributed by atoms with Gasteiger partial charge < -0.3 is 10.2 Å². The predicted octanol–water partition coefficient (Wildman–Crippen LogP) is 5.38. The maximum absolute atomic E-state index is 14.0. The number of sulfonamides is 1. The van der Waals surface area contributed by atoms with Crippen LogP contribution in [0.3, 0.4) is 0 Å². The molecule has 0 fully saturated rings. The maximum atomic E-state index is 14.0. The molecule has 3 aromatic carbocycles. The van der Waals surface area contributed by atoms with Crippen molar-refractivity contribution in [2.24, 2.45) is 0 Å². The molecule has 1 atom stereocenters. The monoisotopic (exact) mass is 585 g/mol. The summed E-state index contributed by atoms with van der Waals surface area (Å²) in [6, 6.07) is 18.2. The number of amides is 2. The number of nitrogens with zero attached hydrogens (tertiary/aromatic N) is 2. The van der Waals surface area contributed by atoms with Gasteiger partial charge in [0, 0.05) is 18.0 Å². The van der Waals surface area contributed by atoms with E-state index in [1.165, 1.54) is 40.9 Å². The molecule has 0 aliphatic heterocycles. The van der Waals surface area contributed by atoms with Gasteiger partial charge in [-0.3, -0.25) is 13.9 Å². The molecule has 214 valence electrons. The highest BCUT2D eigenvalue weighted by Gasteiger charge is 2.33. The van der Waals surface area contributed by atoms with E-state index in [2.05, 4.69) is 5.32 Å². The Morgan fingerprint density at radius 3 is 2.12 bits per heavy atom. The van der Waals surface area contributed by atoms with Crippen molar-refractivity contribution in [1.82, 2.24) is 10.2 Å². The van der Waals surface area contributed by atoms with Crippen LogP contribution in [0.1, 0.15) is 37.8 Å². The predicted molar refractivity (Wildman–Crippen MR) is 158 cm³/mol. The van der Waals surface area contributed by atoms with Gasteiger partial charge in [-0.15, -0.1) is 11.8 Å². The van der Waals surface area contributed by atoms with E-state index in [1.807, 2.05) is 20.1 Å². The number of halogens is 1. The van der Waals surface area contributed by atoms with Crippen molar-refractivity contribution in [3.8, 4) is 0 Å². The number of thioether (sulfide) groups is 1. The fourth-order valence-corrected chi connectivity index (χ4v) is 6.01. The average Bonchev–Trinajstić information content (AvgIpc) is 2.96. The molecule has 0 bridgehead atoms. The highest BCUT2D eigenvalue weighted by atomic mass is 32.2. The van der Waals surface area contributed by atoms with E-state index >= 15 is 0 Å². The maximum Gasteiger partial charge on any atom is 0.264 e. The first-order valence-electron chi connectivity index (χ1n) is 13.2. The molecule has 0 heterocycles. The summed E-state index contributed by atoms with van der Waals surface area (Å²) in [4.78, 5) is 29.4. The third kappa shape index (κ3) is 7.85. The van der Waals surface area contributed by atoms with E-state index in [-0.39, 0.29) is 17.3 Å². The summed E-state index contributed by atoms with van der Waals surface area (Å²) < 4.78 is 42.5. The molecular formula is C30H36FN3O4S2. The Bertz CT molecular complexity index is 1380. The molecule has 7 nitrogen and oxygen atoms in total. The van der Waals surface area contributed by atoms with Crippen LogP contribution in [0, 0.1) is 12.7 Å². The fraction of sp³-hybridized carbons (Fsp3) is 0.333. The van der Waals surface area contributed by atoms with Gasteiger partial charge in [-0.1, -0.05) is 43.7 Å². The largest absolute Gasteiger partial charge is 0.354 e. The van der Waals surface area contributed by atoms with E-state index in [9.17, 15) is 22.4 Å². The molecule has 3 rings (SSSR count). The second-order valence-electron chi connectivity index (χ2n) is 9.39. The van der Waals surface area contributed by atoms with Crippen LogP contribution in [0.5, 0.6) is 0 Å². The van der Waals surface area contributed by atoms with E-state index in [0.29, 0.717) is 24.2 Å². The zero-order valence-corrected chi connectivity index (χ0v) is 24.9. The molecule has 1 N–H and O–H groups in total. The summed E-state index contributed by atoms with van der Waals surface area (Å²) in [7, 11) is -4.14. The zero-order chi connectivity index (χ0) is 29.3. The Balaban J connectivity index is 2.04. The highest BCUT2D eigenvalue weighted by Crippen LogP contribution is 2.27. The van der Waals surface area contributed by atoms with Crippen LogP contribution in [-0.2, 0) is 26.2 Å². The van der Waals surface area contributed by atoms with Gasteiger partial charge in [0.15, 0.2) is 0 Å². The number of carbonyl (C=O) groups excluding carboxylic acids is 2. The Morgan fingerprint density at radius 1 is 0.950 bits per heavy atom. The molecule has 0 aliphatic rings. The number of aryl methyl sites for hydroxylation is 1. The van der Waals surface area contributed by atoms with Crippen LogP contribution < -0.4 is 9.62 Å². The average molecular weight is 586 g/mol. The highest BCUT2D eigenvalue weighted by molar-refractivity contribution is 7.98. The van der Waals surface area contributed by atoms with Crippen LogP contribution in [-0.4, -0.2) is 50.5 Å². The first kappa shape index (κ1) is 31.2. The molecule has 3 aromatic rings. The lowest BCUT2D eigenvalue weighted by molar-refractivity contribution is -0.140. The Morgan fingerprint density at radius 2 is 1.57 bits per heavy atom. The molecule has 10 heteroatoms. The minimum absolute atomic E-state index is 0.0152. The van der Waals surface area contributed by atoms with Crippen LogP contribution in [0.2, 0.25) is 0 Å². The first-order chi connectivity index (χ1) is 19.1. The van der Waals surface area contributed by atoms with E-state index in [4.69, 9.17) is 0 Å². The second kappa shape index (κ2) is 14.3. The van der Waals surface area contributed by atoms with Gasteiger partial charge >= 0.3 is 0 Å². The van der Waals surface area contributed by atoms with Crippen LogP contribution >= 0.6 is 11.8 Å². The summed E-state index contributed by atoms with van der Waals surface area (Å²) >= 11 is 1.49. The van der Waals surface area contributed by atoms with Crippen molar-refractivity contribution in [1.29, 1.82) is 0 Å². The Hall–Kier alpha value is -3.37. The van der Waals surface area contributed by atoms with E-state index in [1.54, 1.807) is 55.5 Å². The molecule has 0 saturated heterocycles. The van der Waals surface area contributed by atoms with Gasteiger partial charge in [0.25, 0.3) is 10.0 Å². The molecular weight excluding hydrogens is 549 g/mol. The third-order valence-corrected chi connectivity index (χ3v) is 8.98. The molecule has 2 amide bonds. The zero-order valence-electron chi connectivity index (χ0n) is 23.3. The summed E-state index contributed by atoms with van der Waals surface area (Å²) in [6.45, 7) is 5.56. The van der Waals surface area contributed by atoms with Gasteiger partial charge in [-0.05, 0) is 80.1 Å². The second-order valence-corrected chi connectivity index (χ2v) is 12.1. The summed E-state index contributed by atoms with van der Waals surface area (Å²) in [5.74, 6) is -1.29. The van der Waals surface area contributed by atoms with Gasteiger partial charge in [-0.2, -0.15) is 0 Å². The lowest BCUT2D eigenvalue weighted by atomic mass is 10.1. The molecule has 0 aromatic heterocycles. The number of hydrogen-bond acceptors (Lipinski definition) is 5. The van der Waals surface area contributed by atoms with E-state index in [0.717, 1.165) is 21.2 Å². The smallest absolute Gasteiger partial charge is 0.264 e. The molecule has 0 radical (unpaired) electrons. The van der Waals surface area contributed by atoms with Gasteiger partial charge in [0.1, 0.15) is 18.4 Å². The normalized spacial score (nSPS) is 12.0. The summed E-state index contributed by atoms with van der Waals surface area (Å²) in [5, 5.41) is 2.85. The minimum atomic E-state index is -4.14. The Labute approximate surface area is 240 Å². The number of rotatable bonds is 13. The van der Waals surface area contributed by atoms with Crippen molar-refractivity contribution in [2.45, 2.75) is 56.0 Å². The molecule has 0 spiro atoms. The molecule has 0 aliphatic carbocycles. The number of nitrogens with one attached hydrogen (secondary N) is 1. The van der Waals surface area contributed by atoms with Gasteiger partial charge in [-0.25, -0.2) is 12.8 Å². The molecule has 0 saturated carbocycles. The minimum Gasteiger partial charge on any atom is -0.354 e. The Kier molecular flexibility index (Phi) is 11.2. The van der Waals surface area contributed by atoms with Crippen molar-refractivity contribution in [2.75, 3.05) is 23.7 Å². The van der Waals surface area contributed by atoms with Gasteiger partial charge in [0.05, 0.1) is 10.6 Å². The molecule has 40 heavy (non-hydrogen) atoms. The number of benzene rings is 3. The van der Waals surface area contributed by atoms with Crippen molar-refractivity contribution >= 4 is 39.3 Å². The van der Waals surface area contributed by atoms with Crippen LogP contribution in [0.15, 0.2) is 82.6 Å². The van der Waals surface area contributed by atoms with Crippen molar-refractivity contribution in [3.05, 3.63) is 89.7 Å². The number of carbonyl (C=O) groups is 2. The summed E-state index contributed by atoms with van der Waals surface area (Å²) in [6.07, 6.45) is 2.94. The lowest BCUT2D eigenvalue weighted by Gasteiger charge is -2.33. The fourth-order valence-electron chi connectivity index (χ4n) is 4.19. The standard InChI is InChI=1S/C30H36FN3O4S2/c1-5-19-32-30(36)28(6-2)33(20-23-9-11-24(31)12-10-23)29(35)21-34(25-13-7-22(3)8-14-25)40(37,38)27-17-15-26(39-4)16-18-27/h7-18,28H,5-6,19-21H2,1-4H3,(H,32,36). The number of hydrogen-bond donors (Lipinski definition) is 1. The van der Waals surface area contributed by atoms with Crippen LogP contribution in [0.25, 0.3) is 0 Å². The SMILES string of the molecule is CCCNC(=O)C(CC)N(Cc1ccc(F)cc1)C(=O)CN(c1ccc(C)cc1)S(=O)(=O)c1ccc(SC)cc1. The lowest BCUT2D eigenvalue weighted by Crippen LogP contribution is -2.52. The third-order valence-electron chi connectivity index (χ3n) is 6.45. The molecule has 1 unspecified atom stereocenters. The van der Waals surface area contributed by atoms with E-state index < -0.39 is 34.3 Å². The number of anilines is 1. The summed E-state index contributed by atoms with van der Waals surface area (Å²) in [5.41, 5.74) is 1.89. The van der Waals surface area contributed by atoms with Crippen LogP contribution in [0.4, 0.5) is 10.1 Å². The topological polar surface area (TPSA) is 86.8 Å². The first-order valence-corrected chi connectivity index (χ1v) is 15.8. The quantitative estimate of drug-likeness (QED) is 0.272.